The van der Waals surface area contributed by atoms with Crippen molar-refractivity contribution in [3.63, 3.8) is 0 Å². The van der Waals surface area contributed by atoms with Crippen molar-refractivity contribution < 1.29 is 25.0 Å². The van der Waals surface area contributed by atoms with Crippen LogP contribution in [-0.4, -0.2) is 13.3 Å². The summed E-state index contributed by atoms with van der Waals surface area (Å²) in [7, 11) is -2.92. The van der Waals surface area contributed by atoms with Crippen LogP contribution in [0.4, 0.5) is 0 Å². The fourth-order valence-electron chi connectivity index (χ4n) is 0. The zero-order chi connectivity index (χ0) is 8.73. The molecule has 0 heterocycles. The van der Waals surface area contributed by atoms with E-state index in [1.54, 1.807) is 0 Å². The maximum Gasteiger partial charge on any atom is 0.0666 e. The number of carbonyl (C=O) groups is 1. The van der Waals surface area contributed by atoms with Crippen LogP contribution in [0.1, 0.15) is 6.92 Å². The van der Waals surface area contributed by atoms with Crippen LogP contribution in [0.5, 0.6) is 0 Å². The predicted octanol–water partition coefficient (Wildman–Crippen LogP) is -4.64. The molecule has 58 valence electrons. The topological polar surface area (TPSA) is 109 Å². The van der Waals surface area contributed by atoms with Gasteiger partial charge in [0.15, 0.2) is 0 Å². The van der Waals surface area contributed by atoms with Crippen LogP contribution in [0.25, 0.3) is 0 Å². The third kappa shape index (κ3) is 27.2. The Labute approximate surface area is 58.4 Å². The smallest absolute Gasteiger partial charge is 0.0666 e. The molecule has 0 aliphatic heterocycles. The van der Waals surface area contributed by atoms with Gasteiger partial charge < -0.3 is 25.0 Å². The fourth-order valence-corrected chi connectivity index (χ4v) is 0. The van der Waals surface area contributed by atoms with Crippen LogP contribution in [0, 0.1) is 0 Å². The highest BCUT2D eigenvalue weighted by atomic mass is 16.5. The summed E-state index contributed by atoms with van der Waals surface area (Å²) in [4.78, 5) is 9.49. The number of hydrogen-bond donors (Lipinski definition) is 0. The first-order valence-electron chi connectivity index (χ1n) is 2.22. The number of rotatable bonds is 1. The van der Waals surface area contributed by atoms with Crippen molar-refractivity contribution in [3.05, 3.63) is 12.2 Å². The van der Waals surface area contributed by atoms with Gasteiger partial charge in [0.25, 0.3) is 0 Å². The monoisotopic (exact) mass is 144 g/mol. The van der Waals surface area contributed by atoms with E-state index in [9.17, 15) is 9.90 Å². The van der Waals surface area contributed by atoms with E-state index in [0.717, 1.165) is 0 Å². The molecule has 6 heteroatoms. The lowest BCUT2D eigenvalue weighted by atomic mass is 10.3. The fraction of sp³-hybridized carbons (Fsp3) is 0.250. The highest BCUT2D eigenvalue weighted by Gasteiger charge is 1.76. The second kappa shape index (κ2) is 6.28. The van der Waals surface area contributed by atoms with Gasteiger partial charge in [-0.3, -0.25) is 7.32 Å². The average molecular weight is 144 g/mol. The molecule has 0 aromatic heterocycles. The summed E-state index contributed by atoms with van der Waals surface area (Å²) in [6.07, 6.45) is 0. The second-order valence-corrected chi connectivity index (χ2v) is 1.36. The van der Waals surface area contributed by atoms with E-state index in [-0.39, 0.29) is 5.57 Å². The number of hydrogen-bond acceptors (Lipinski definition) is 5. The molecule has 0 spiro atoms. The molecular formula is C4H5BO5-4. The number of carboxylic acids is 1. The number of carbonyl (C=O) groups excluding carboxylic acids is 1. The predicted molar refractivity (Wildman–Crippen MR) is 25.6 cm³/mol. The molecule has 0 saturated carbocycles. The highest BCUT2D eigenvalue weighted by Crippen LogP contribution is 1.77. The minimum atomic E-state index is -2.92. The van der Waals surface area contributed by atoms with Crippen LogP contribution in [0.15, 0.2) is 12.2 Å². The Kier molecular flexibility index (Phi) is 7.47. The van der Waals surface area contributed by atoms with E-state index in [2.05, 4.69) is 6.58 Å². The molecule has 10 heavy (non-hydrogen) atoms. The molecule has 0 bridgehead atoms. The van der Waals surface area contributed by atoms with Crippen molar-refractivity contribution in [3.8, 4) is 0 Å². The molecule has 0 aliphatic rings. The van der Waals surface area contributed by atoms with Gasteiger partial charge in [-0.05, 0) is 12.5 Å². The van der Waals surface area contributed by atoms with Gasteiger partial charge in [0, 0.05) is 0 Å². The highest BCUT2D eigenvalue weighted by molar-refractivity contribution is 6.24. The van der Waals surface area contributed by atoms with Crippen LogP contribution in [-0.2, 0) is 4.79 Å². The van der Waals surface area contributed by atoms with Crippen LogP contribution in [0.3, 0.4) is 0 Å². The molecule has 0 saturated heterocycles. The Bertz CT molecular complexity index is 106. The number of carboxylic acid groups (broad SMARTS) is 1. The summed E-state index contributed by atoms with van der Waals surface area (Å²) in [5.41, 5.74) is 0.0648. The normalized spacial score (nSPS) is 7.20. The molecule has 5 nitrogen and oxygen atoms in total. The van der Waals surface area contributed by atoms with Crippen LogP contribution in [0.2, 0.25) is 0 Å². The van der Waals surface area contributed by atoms with E-state index in [1.165, 1.54) is 6.92 Å². The largest absolute Gasteiger partial charge is 0.907 e. The molecule has 0 unspecified atom stereocenters. The van der Waals surface area contributed by atoms with Gasteiger partial charge >= 0.3 is 0 Å². The summed E-state index contributed by atoms with van der Waals surface area (Å²) >= 11 is 0. The quantitative estimate of drug-likeness (QED) is 0.271. The van der Waals surface area contributed by atoms with E-state index < -0.39 is 13.3 Å². The van der Waals surface area contributed by atoms with Gasteiger partial charge in [0.1, 0.15) is 0 Å². The zero-order valence-corrected chi connectivity index (χ0v) is 5.33. The molecule has 0 fully saturated rings. The van der Waals surface area contributed by atoms with Gasteiger partial charge in [-0.2, -0.15) is 0 Å². The van der Waals surface area contributed by atoms with Crippen LogP contribution >= 0.6 is 0 Å². The Balaban J connectivity index is 0. The average Bonchev–Trinajstić information content (AvgIpc) is 1.63. The van der Waals surface area contributed by atoms with Crippen molar-refractivity contribution in [2.24, 2.45) is 0 Å². The van der Waals surface area contributed by atoms with E-state index >= 15 is 0 Å². The first-order chi connectivity index (χ1) is 4.37. The van der Waals surface area contributed by atoms with E-state index in [0.29, 0.717) is 0 Å². The molecule has 0 aromatic rings. The van der Waals surface area contributed by atoms with Crippen LogP contribution < -0.4 is 20.2 Å². The second-order valence-electron chi connectivity index (χ2n) is 1.36. The van der Waals surface area contributed by atoms with Crippen molar-refractivity contribution in [1.82, 2.24) is 0 Å². The van der Waals surface area contributed by atoms with Crippen molar-refractivity contribution in [1.29, 1.82) is 0 Å². The summed E-state index contributed by atoms with van der Waals surface area (Å²) in [6.45, 7) is 4.48. The standard InChI is InChI=1S/C4H6O2.BO3/c1-3(2)4(5)6;2-1(3)4/h1H2,2H3,(H,5,6);/q;-3/p-1. The Morgan fingerprint density at radius 3 is 1.50 bits per heavy atom. The Morgan fingerprint density at radius 2 is 1.50 bits per heavy atom. The van der Waals surface area contributed by atoms with Gasteiger partial charge in [-0.1, -0.05) is 6.58 Å². The summed E-state index contributed by atoms with van der Waals surface area (Å²) in [5.74, 6) is -1.19. The Morgan fingerprint density at radius 1 is 1.40 bits per heavy atom. The van der Waals surface area contributed by atoms with Crippen molar-refractivity contribution in [2.45, 2.75) is 6.92 Å². The van der Waals surface area contributed by atoms with E-state index in [4.69, 9.17) is 15.1 Å². The maximum atomic E-state index is 9.49. The lowest BCUT2D eigenvalue weighted by Gasteiger charge is -2.35. The van der Waals surface area contributed by atoms with Gasteiger partial charge in [0.2, 0.25) is 0 Å². The van der Waals surface area contributed by atoms with Crippen molar-refractivity contribution >= 4 is 13.3 Å². The maximum absolute atomic E-state index is 9.49. The minimum absolute atomic E-state index is 0.0648. The van der Waals surface area contributed by atoms with E-state index in [1.807, 2.05) is 0 Å². The van der Waals surface area contributed by atoms with Gasteiger partial charge in [-0.15, -0.1) is 0 Å². The summed E-state index contributed by atoms with van der Waals surface area (Å²) in [6, 6.07) is 0. The first kappa shape index (κ1) is 11.9. The summed E-state index contributed by atoms with van der Waals surface area (Å²) in [5, 5.41) is 34.7. The number of aliphatic carboxylic acids is 1. The first-order valence-corrected chi connectivity index (χ1v) is 2.22. The lowest BCUT2D eigenvalue weighted by Crippen LogP contribution is -2.56. The zero-order valence-electron chi connectivity index (χ0n) is 5.33. The molecule has 0 aliphatic carbocycles. The lowest BCUT2D eigenvalue weighted by molar-refractivity contribution is -0.479. The SMILES string of the molecule is C=C(C)C(=O)[O-].[O-]B([O-])[O-]. The minimum Gasteiger partial charge on any atom is -0.907 e. The molecule has 0 rings (SSSR count). The Hall–Kier alpha value is -0.845. The summed E-state index contributed by atoms with van der Waals surface area (Å²) < 4.78 is 0. The van der Waals surface area contributed by atoms with Crippen molar-refractivity contribution in [2.75, 3.05) is 0 Å². The third-order valence-electron chi connectivity index (χ3n) is 0.348. The molecule has 0 radical (unpaired) electrons. The molecule has 0 atom stereocenters. The molecular weight excluding hydrogens is 139 g/mol. The molecule has 0 aromatic carbocycles. The van der Waals surface area contributed by atoms with Gasteiger partial charge in [0.05, 0.1) is 5.97 Å². The van der Waals surface area contributed by atoms with Gasteiger partial charge in [-0.25, -0.2) is 0 Å². The molecule has 0 amide bonds. The molecule has 0 N–H and O–H groups in total. The third-order valence-corrected chi connectivity index (χ3v) is 0.348.